The molecule has 2 heterocycles. The Balaban J connectivity index is 1.86. The molecule has 134 valence electrons. The molecule has 1 amide bonds. The smallest absolute Gasteiger partial charge is 0.240 e. The van der Waals surface area contributed by atoms with Crippen LogP contribution in [0.15, 0.2) is 47.6 Å². The molecule has 1 atom stereocenters. The van der Waals surface area contributed by atoms with Crippen molar-refractivity contribution >= 4 is 39.1 Å². The van der Waals surface area contributed by atoms with Crippen LogP contribution < -0.4 is 10.6 Å². The zero-order chi connectivity index (χ0) is 18.3. The van der Waals surface area contributed by atoms with Crippen molar-refractivity contribution in [2.24, 2.45) is 10.9 Å². The summed E-state index contributed by atoms with van der Waals surface area (Å²) in [5.74, 6) is -0.345. The van der Waals surface area contributed by atoms with E-state index in [1.165, 1.54) is 28.9 Å². The van der Waals surface area contributed by atoms with Crippen LogP contribution in [0.2, 0.25) is 0 Å². The van der Waals surface area contributed by atoms with Gasteiger partial charge in [0, 0.05) is 40.5 Å². The van der Waals surface area contributed by atoms with Gasteiger partial charge in [0.1, 0.15) is 13.2 Å². The lowest BCUT2D eigenvalue weighted by Crippen LogP contribution is -2.40. The molecule has 0 radical (unpaired) electrons. The molecule has 6 heteroatoms. The zero-order valence-corrected chi connectivity index (χ0v) is 15.0. The van der Waals surface area contributed by atoms with Crippen molar-refractivity contribution in [1.29, 1.82) is 0 Å². The lowest BCUT2D eigenvalue weighted by molar-refractivity contribution is -0.118. The standard InChI is InChI=1S/C20H22N4O2/c1-3-23-17-7-5-4-6-15(17)16-11-14(8-9-18(16)23)24-12-13(22-26-2)10-19(24)20(21)25/h4-9,11,19H,3,10,12H2,1-2H3,(H2,21,25). The minimum atomic E-state index is -0.402. The van der Waals surface area contributed by atoms with Gasteiger partial charge in [-0.2, -0.15) is 0 Å². The van der Waals surface area contributed by atoms with Gasteiger partial charge in [0.2, 0.25) is 5.91 Å². The molecule has 3 aromatic rings. The summed E-state index contributed by atoms with van der Waals surface area (Å²) in [6, 6.07) is 14.3. The second kappa shape index (κ2) is 6.37. The van der Waals surface area contributed by atoms with Crippen molar-refractivity contribution in [3.63, 3.8) is 0 Å². The third-order valence-corrected chi connectivity index (χ3v) is 5.11. The van der Waals surface area contributed by atoms with E-state index < -0.39 is 6.04 Å². The first-order chi connectivity index (χ1) is 12.6. The Bertz CT molecular complexity index is 1020. The second-order valence-electron chi connectivity index (χ2n) is 6.55. The molecule has 1 saturated heterocycles. The number of amides is 1. The van der Waals surface area contributed by atoms with Crippen LogP contribution in [0.25, 0.3) is 21.8 Å². The maximum Gasteiger partial charge on any atom is 0.240 e. The van der Waals surface area contributed by atoms with Crippen molar-refractivity contribution < 1.29 is 9.63 Å². The number of carbonyl (C=O) groups is 1. The number of rotatable bonds is 4. The Labute approximate surface area is 151 Å². The number of hydrogen-bond acceptors (Lipinski definition) is 4. The van der Waals surface area contributed by atoms with E-state index in [0.717, 1.165) is 17.9 Å². The number of primary amides is 1. The second-order valence-corrected chi connectivity index (χ2v) is 6.55. The summed E-state index contributed by atoms with van der Waals surface area (Å²) in [6.07, 6.45) is 0.498. The van der Waals surface area contributed by atoms with Gasteiger partial charge in [-0.1, -0.05) is 23.4 Å². The van der Waals surface area contributed by atoms with Gasteiger partial charge in [0.25, 0.3) is 0 Å². The summed E-state index contributed by atoms with van der Waals surface area (Å²) in [7, 11) is 1.51. The third-order valence-electron chi connectivity index (χ3n) is 5.11. The zero-order valence-electron chi connectivity index (χ0n) is 15.0. The molecule has 0 bridgehead atoms. The lowest BCUT2D eigenvalue weighted by atomic mass is 10.1. The first-order valence-corrected chi connectivity index (χ1v) is 8.80. The highest BCUT2D eigenvalue weighted by molar-refractivity contribution is 6.10. The molecule has 6 nitrogen and oxygen atoms in total. The summed E-state index contributed by atoms with van der Waals surface area (Å²) in [4.78, 5) is 18.8. The number of aryl methyl sites for hydroxylation is 1. The predicted molar refractivity (Wildman–Crippen MR) is 105 cm³/mol. The van der Waals surface area contributed by atoms with Crippen LogP contribution in [0.5, 0.6) is 0 Å². The number of aromatic nitrogens is 1. The fraction of sp³-hybridized carbons (Fsp3) is 0.300. The fourth-order valence-corrected chi connectivity index (χ4v) is 3.99. The van der Waals surface area contributed by atoms with Crippen LogP contribution >= 0.6 is 0 Å². The van der Waals surface area contributed by atoms with Gasteiger partial charge in [-0.25, -0.2) is 0 Å². The highest BCUT2D eigenvalue weighted by atomic mass is 16.6. The third kappa shape index (κ3) is 2.49. The largest absolute Gasteiger partial charge is 0.399 e. The number of anilines is 1. The van der Waals surface area contributed by atoms with Gasteiger partial charge >= 0.3 is 0 Å². The Morgan fingerprint density at radius 2 is 2.00 bits per heavy atom. The normalized spacial score (nSPS) is 18.9. The number of benzene rings is 2. The Hall–Kier alpha value is -3.02. The minimum Gasteiger partial charge on any atom is -0.399 e. The molecule has 1 unspecified atom stereocenters. The molecule has 26 heavy (non-hydrogen) atoms. The maximum atomic E-state index is 11.9. The number of para-hydroxylation sites is 1. The molecule has 4 rings (SSSR count). The van der Waals surface area contributed by atoms with E-state index in [2.05, 4.69) is 59.1 Å². The van der Waals surface area contributed by atoms with Crippen LogP contribution in [-0.4, -0.2) is 35.9 Å². The molecule has 1 aliphatic heterocycles. The van der Waals surface area contributed by atoms with E-state index in [4.69, 9.17) is 10.6 Å². The molecule has 0 spiro atoms. The lowest BCUT2D eigenvalue weighted by Gasteiger charge is -2.23. The Morgan fingerprint density at radius 3 is 2.73 bits per heavy atom. The van der Waals surface area contributed by atoms with Crippen molar-refractivity contribution in [3.05, 3.63) is 42.5 Å². The molecule has 1 aliphatic rings. The van der Waals surface area contributed by atoms with Gasteiger partial charge < -0.3 is 20.0 Å². The molecule has 0 aliphatic carbocycles. The number of oxime groups is 1. The quantitative estimate of drug-likeness (QED) is 0.735. The van der Waals surface area contributed by atoms with Crippen molar-refractivity contribution in [2.75, 3.05) is 18.6 Å². The predicted octanol–water partition coefficient (Wildman–Crippen LogP) is 2.88. The molecule has 0 saturated carbocycles. The monoisotopic (exact) mass is 350 g/mol. The summed E-state index contributed by atoms with van der Waals surface area (Å²) in [6.45, 7) is 3.60. The van der Waals surface area contributed by atoms with Crippen molar-refractivity contribution in [3.8, 4) is 0 Å². The molecule has 1 fully saturated rings. The number of hydrogen-bond donors (Lipinski definition) is 1. The average Bonchev–Trinajstić information content (AvgIpc) is 3.21. The van der Waals surface area contributed by atoms with E-state index in [0.29, 0.717) is 13.0 Å². The van der Waals surface area contributed by atoms with E-state index in [9.17, 15) is 4.79 Å². The van der Waals surface area contributed by atoms with Gasteiger partial charge in [-0.05, 0) is 31.2 Å². The maximum absolute atomic E-state index is 11.9. The number of nitrogens with zero attached hydrogens (tertiary/aromatic N) is 3. The van der Waals surface area contributed by atoms with E-state index >= 15 is 0 Å². The summed E-state index contributed by atoms with van der Waals surface area (Å²) < 4.78 is 2.31. The first-order valence-electron chi connectivity index (χ1n) is 8.80. The van der Waals surface area contributed by atoms with E-state index in [1.54, 1.807) is 0 Å². The highest BCUT2D eigenvalue weighted by Crippen LogP contribution is 2.34. The van der Waals surface area contributed by atoms with Gasteiger partial charge in [-0.15, -0.1) is 0 Å². The molecular formula is C20H22N4O2. The molecule has 2 aromatic carbocycles. The number of nitrogens with two attached hydrogens (primary N) is 1. The van der Waals surface area contributed by atoms with Gasteiger partial charge in [0.15, 0.2) is 0 Å². The SMILES string of the molecule is CCn1c2ccccc2c2cc(N3CC(=NOC)CC3C(N)=O)ccc21. The van der Waals surface area contributed by atoms with Crippen LogP contribution in [0.4, 0.5) is 5.69 Å². The van der Waals surface area contributed by atoms with E-state index in [-0.39, 0.29) is 5.91 Å². The summed E-state index contributed by atoms with van der Waals surface area (Å²) in [5, 5.41) is 6.42. The van der Waals surface area contributed by atoms with Crippen LogP contribution in [0.3, 0.4) is 0 Å². The minimum absolute atomic E-state index is 0.345. The number of carbonyl (C=O) groups excluding carboxylic acids is 1. The molecular weight excluding hydrogens is 328 g/mol. The van der Waals surface area contributed by atoms with Crippen LogP contribution in [-0.2, 0) is 16.2 Å². The first kappa shape index (κ1) is 16.4. The Kier molecular flexibility index (Phi) is 4.03. The topological polar surface area (TPSA) is 72.8 Å². The fourth-order valence-electron chi connectivity index (χ4n) is 3.99. The van der Waals surface area contributed by atoms with Crippen LogP contribution in [0, 0.1) is 0 Å². The van der Waals surface area contributed by atoms with Gasteiger partial charge in [0.05, 0.1) is 12.3 Å². The van der Waals surface area contributed by atoms with E-state index in [1.807, 2.05) is 4.90 Å². The molecule has 2 N–H and O–H groups in total. The average molecular weight is 350 g/mol. The van der Waals surface area contributed by atoms with Gasteiger partial charge in [-0.3, -0.25) is 4.79 Å². The van der Waals surface area contributed by atoms with Crippen molar-refractivity contribution in [2.45, 2.75) is 25.9 Å². The highest BCUT2D eigenvalue weighted by Gasteiger charge is 2.34. The summed E-state index contributed by atoms with van der Waals surface area (Å²) >= 11 is 0. The molecule has 1 aromatic heterocycles. The van der Waals surface area contributed by atoms with Crippen molar-refractivity contribution in [1.82, 2.24) is 4.57 Å². The van der Waals surface area contributed by atoms with Crippen LogP contribution in [0.1, 0.15) is 13.3 Å². The Morgan fingerprint density at radius 1 is 1.23 bits per heavy atom. The number of fused-ring (bicyclic) bond motifs is 3. The summed E-state index contributed by atoms with van der Waals surface area (Å²) in [5.41, 5.74) is 9.84.